The van der Waals surface area contributed by atoms with Crippen molar-refractivity contribution >= 4 is 78.3 Å². The van der Waals surface area contributed by atoms with E-state index in [0.29, 0.717) is 25.9 Å². The smallest absolute Gasteiger partial charge is 0.267 e. The van der Waals surface area contributed by atoms with Crippen LogP contribution in [0, 0.1) is 0 Å². The number of benzene rings is 1. The van der Waals surface area contributed by atoms with Crippen LogP contribution < -0.4 is 0 Å². The molecule has 30 heavy (non-hydrogen) atoms. The van der Waals surface area contributed by atoms with E-state index >= 15 is 0 Å². The highest BCUT2D eigenvalue weighted by Crippen LogP contribution is 2.38. The fourth-order valence-electron chi connectivity index (χ4n) is 2.62. The number of amidine groups is 1. The van der Waals surface area contributed by atoms with E-state index < -0.39 is 0 Å². The Hall–Kier alpha value is -2.14. The quantitative estimate of drug-likeness (QED) is 0.231. The van der Waals surface area contributed by atoms with Crippen molar-refractivity contribution in [3.8, 4) is 5.75 Å². The predicted octanol–water partition coefficient (Wildman–Crippen LogP) is 6.08. The lowest BCUT2D eigenvalue weighted by Crippen LogP contribution is -2.28. The minimum atomic E-state index is -0.239. The summed E-state index contributed by atoms with van der Waals surface area (Å²) in [6.45, 7) is 0.234. The van der Waals surface area contributed by atoms with Gasteiger partial charge in [0.15, 0.2) is 5.17 Å². The van der Waals surface area contributed by atoms with Gasteiger partial charge in [0.05, 0.1) is 28.4 Å². The van der Waals surface area contributed by atoms with Crippen molar-refractivity contribution in [2.24, 2.45) is 10.2 Å². The topological polar surface area (TPSA) is 78.4 Å². The van der Waals surface area contributed by atoms with E-state index in [1.165, 1.54) is 16.7 Å². The Balaban J connectivity index is 1.67. The van der Waals surface area contributed by atoms with Crippen LogP contribution in [0.25, 0.3) is 6.08 Å². The molecule has 152 valence electrons. The molecule has 4 rings (SSSR count). The third-order valence-corrected chi connectivity index (χ3v) is 6.86. The van der Waals surface area contributed by atoms with Gasteiger partial charge in [-0.2, -0.15) is 5.10 Å². The monoisotopic (exact) mass is 565 g/mol. The molecule has 6 nitrogen and oxygen atoms in total. The van der Waals surface area contributed by atoms with Crippen LogP contribution in [-0.4, -0.2) is 27.3 Å². The van der Waals surface area contributed by atoms with Crippen LogP contribution in [0.4, 0.5) is 0 Å². The SMILES string of the molecule is O=C1/C(=C/c2cc(Br)cc(Br)c2O)S/C(=N\N=C\c2cccs2)N1Cc1ccco1. The highest BCUT2D eigenvalue weighted by Gasteiger charge is 2.34. The molecule has 0 saturated carbocycles. The number of thiophene rings is 1. The average Bonchev–Trinajstić information content (AvgIpc) is 3.46. The van der Waals surface area contributed by atoms with E-state index in [4.69, 9.17) is 4.42 Å². The number of phenolic OH excluding ortho intramolecular Hbond substituents is 1. The van der Waals surface area contributed by atoms with E-state index in [1.54, 1.807) is 54.2 Å². The zero-order valence-corrected chi connectivity index (χ0v) is 20.0. The Morgan fingerprint density at radius 1 is 1.23 bits per heavy atom. The van der Waals surface area contributed by atoms with Crippen molar-refractivity contribution in [2.45, 2.75) is 6.54 Å². The lowest BCUT2D eigenvalue weighted by atomic mass is 10.2. The molecule has 10 heteroatoms. The van der Waals surface area contributed by atoms with Gasteiger partial charge in [-0.3, -0.25) is 9.69 Å². The fraction of sp³-hybridized carbons (Fsp3) is 0.0500. The van der Waals surface area contributed by atoms with Gasteiger partial charge in [0.2, 0.25) is 0 Å². The summed E-state index contributed by atoms with van der Waals surface area (Å²) in [7, 11) is 0. The van der Waals surface area contributed by atoms with Crippen molar-refractivity contribution < 1.29 is 14.3 Å². The number of halogens is 2. The molecule has 3 heterocycles. The van der Waals surface area contributed by atoms with Gasteiger partial charge in [-0.25, -0.2) is 0 Å². The first-order valence-corrected chi connectivity index (χ1v) is 11.9. The molecule has 2 aromatic heterocycles. The minimum Gasteiger partial charge on any atom is -0.506 e. The van der Waals surface area contributed by atoms with E-state index in [0.717, 1.165) is 9.35 Å². The summed E-state index contributed by atoms with van der Waals surface area (Å²) in [5.41, 5.74) is 0.508. The first kappa shape index (κ1) is 21.1. The van der Waals surface area contributed by atoms with Crippen molar-refractivity contribution in [3.05, 3.63) is 78.1 Å². The molecule has 0 spiro atoms. The lowest BCUT2D eigenvalue weighted by molar-refractivity contribution is -0.122. The zero-order valence-electron chi connectivity index (χ0n) is 15.2. The molecule has 1 aromatic carbocycles. The largest absolute Gasteiger partial charge is 0.506 e. The summed E-state index contributed by atoms with van der Waals surface area (Å²) in [4.78, 5) is 16.0. The Kier molecular flexibility index (Phi) is 6.57. The van der Waals surface area contributed by atoms with Crippen LogP contribution in [0.5, 0.6) is 5.75 Å². The molecule has 1 N–H and O–H groups in total. The van der Waals surface area contributed by atoms with Crippen LogP contribution in [0.1, 0.15) is 16.2 Å². The second-order valence-corrected chi connectivity index (χ2v) is 9.81. The number of amides is 1. The maximum atomic E-state index is 13.1. The van der Waals surface area contributed by atoms with Gasteiger partial charge in [0, 0.05) is 14.9 Å². The van der Waals surface area contributed by atoms with Gasteiger partial charge >= 0.3 is 0 Å². The third kappa shape index (κ3) is 4.77. The van der Waals surface area contributed by atoms with Crippen LogP contribution in [0.15, 0.2) is 76.5 Å². The molecule has 1 fully saturated rings. The molecular formula is C20H13Br2N3O3S2. The number of hydrogen-bond acceptors (Lipinski definition) is 7. The van der Waals surface area contributed by atoms with Crippen molar-refractivity contribution in [2.75, 3.05) is 0 Å². The number of aromatic hydroxyl groups is 1. The van der Waals surface area contributed by atoms with Gasteiger partial charge in [-0.1, -0.05) is 22.0 Å². The van der Waals surface area contributed by atoms with E-state index in [2.05, 4.69) is 42.1 Å². The molecule has 0 bridgehead atoms. The number of carbonyl (C=O) groups excluding carboxylic acids is 1. The Bertz CT molecular complexity index is 1160. The minimum absolute atomic E-state index is 0.0535. The van der Waals surface area contributed by atoms with Crippen LogP contribution in [0.2, 0.25) is 0 Å². The molecule has 1 aliphatic heterocycles. The van der Waals surface area contributed by atoms with Crippen LogP contribution in [-0.2, 0) is 11.3 Å². The van der Waals surface area contributed by atoms with Crippen molar-refractivity contribution in [1.82, 2.24) is 4.90 Å². The van der Waals surface area contributed by atoms with Gasteiger partial charge in [-0.05, 0) is 69.5 Å². The summed E-state index contributed by atoms with van der Waals surface area (Å²) in [6.07, 6.45) is 4.84. The molecular weight excluding hydrogens is 554 g/mol. The number of rotatable bonds is 5. The highest BCUT2D eigenvalue weighted by molar-refractivity contribution is 9.11. The van der Waals surface area contributed by atoms with Gasteiger partial charge < -0.3 is 9.52 Å². The fourth-order valence-corrected chi connectivity index (χ4v) is 5.38. The Morgan fingerprint density at radius 2 is 2.10 bits per heavy atom. The number of thioether (sulfide) groups is 1. The Morgan fingerprint density at radius 3 is 2.83 bits per heavy atom. The molecule has 1 aliphatic rings. The summed E-state index contributed by atoms with van der Waals surface area (Å²) in [5.74, 6) is 0.447. The van der Waals surface area contributed by atoms with Gasteiger partial charge in [0.25, 0.3) is 5.91 Å². The van der Waals surface area contributed by atoms with E-state index in [9.17, 15) is 9.90 Å². The second kappa shape index (κ2) is 9.34. The predicted molar refractivity (Wildman–Crippen MR) is 128 cm³/mol. The van der Waals surface area contributed by atoms with E-state index in [-0.39, 0.29) is 18.2 Å². The van der Waals surface area contributed by atoms with Crippen molar-refractivity contribution in [3.63, 3.8) is 0 Å². The summed E-state index contributed by atoms with van der Waals surface area (Å²) >= 11 is 9.46. The molecule has 0 aliphatic carbocycles. The summed E-state index contributed by atoms with van der Waals surface area (Å²) in [6, 6.07) is 10.9. The Labute approximate surface area is 197 Å². The number of carbonyl (C=O) groups is 1. The van der Waals surface area contributed by atoms with Crippen LogP contribution >= 0.6 is 55.0 Å². The maximum Gasteiger partial charge on any atom is 0.267 e. The molecule has 0 atom stereocenters. The molecule has 1 amide bonds. The average molecular weight is 567 g/mol. The third-order valence-electron chi connectivity index (χ3n) is 4.00. The highest BCUT2D eigenvalue weighted by atomic mass is 79.9. The molecule has 3 aromatic rings. The number of nitrogens with zero attached hydrogens (tertiary/aromatic N) is 3. The van der Waals surface area contributed by atoms with E-state index in [1.807, 2.05) is 17.5 Å². The zero-order chi connectivity index (χ0) is 21.1. The first-order chi connectivity index (χ1) is 14.5. The summed E-state index contributed by atoms with van der Waals surface area (Å²) in [5, 5.41) is 21.1. The first-order valence-electron chi connectivity index (χ1n) is 8.57. The summed E-state index contributed by atoms with van der Waals surface area (Å²) < 4.78 is 6.70. The molecule has 0 unspecified atom stereocenters. The molecule has 1 saturated heterocycles. The standard InChI is InChI=1S/C20H13Br2N3O3S2/c21-13-7-12(18(26)16(22)9-13)8-17-19(27)25(11-14-3-1-5-28-14)20(30-17)24-23-10-15-4-2-6-29-15/h1-10,26H,11H2/b17-8-,23-10+,24-20-. The van der Waals surface area contributed by atoms with Gasteiger partial charge in [-0.15, -0.1) is 16.4 Å². The van der Waals surface area contributed by atoms with Gasteiger partial charge in [0.1, 0.15) is 11.5 Å². The van der Waals surface area contributed by atoms with Crippen LogP contribution in [0.3, 0.4) is 0 Å². The lowest BCUT2D eigenvalue weighted by Gasteiger charge is -2.12. The number of hydrogen-bond donors (Lipinski definition) is 1. The second-order valence-electron chi connectivity index (χ2n) is 6.05. The van der Waals surface area contributed by atoms with Crippen molar-refractivity contribution in [1.29, 1.82) is 0 Å². The molecule has 0 radical (unpaired) electrons. The maximum absolute atomic E-state index is 13.1. The normalized spacial score (nSPS) is 17.1. The number of furan rings is 1. The number of phenols is 1.